The third-order valence-electron chi connectivity index (χ3n) is 3.78. The number of nitrogens with zero attached hydrogens (tertiary/aromatic N) is 2. The molecule has 1 aliphatic heterocycles. The van der Waals surface area contributed by atoms with Gasteiger partial charge in [-0.05, 0) is 43.7 Å². The molecule has 0 unspecified atom stereocenters. The molecule has 0 saturated heterocycles. The van der Waals surface area contributed by atoms with Gasteiger partial charge in [0, 0.05) is 23.6 Å². The van der Waals surface area contributed by atoms with E-state index in [0.29, 0.717) is 16.6 Å². The molecular formula is C16H15N3O3. The van der Waals surface area contributed by atoms with E-state index in [1.54, 1.807) is 18.2 Å². The van der Waals surface area contributed by atoms with Gasteiger partial charge in [-0.25, -0.2) is 9.72 Å². The predicted octanol–water partition coefficient (Wildman–Crippen LogP) is 1.70. The minimum Gasteiger partial charge on any atom is -0.429 e. The third-order valence-corrected chi connectivity index (χ3v) is 3.78. The number of carbonyl (C=O) groups is 2. The number of benzene rings is 1. The summed E-state index contributed by atoms with van der Waals surface area (Å²) in [6.07, 6.45) is 2.77. The minimum atomic E-state index is -0.595. The van der Waals surface area contributed by atoms with Crippen molar-refractivity contribution in [3.8, 4) is 0 Å². The first kappa shape index (κ1) is 14.1. The van der Waals surface area contributed by atoms with Crippen LogP contribution in [0.5, 0.6) is 0 Å². The number of nitrogens with one attached hydrogen (secondary N) is 1. The molecule has 0 bridgehead atoms. The molecular weight excluding hydrogens is 282 g/mol. The highest BCUT2D eigenvalue weighted by Gasteiger charge is 2.38. The smallest absolute Gasteiger partial charge is 0.277 e. The van der Waals surface area contributed by atoms with Crippen molar-refractivity contribution in [2.24, 2.45) is 4.99 Å². The molecule has 0 fully saturated rings. The molecule has 0 spiro atoms. The average molecular weight is 297 g/mol. The van der Waals surface area contributed by atoms with Crippen LogP contribution in [-0.4, -0.2) is 21.8 Å². The molecule has 2 N–H and O–H groups in total. The Morgan fingerprint density at radius 2 is 1.91 bits per heavy atom. The Labute approximate surface area is 126 Å². The van der Waals surface area contributed by atoms with Crippen LogP contribution in [0.3, 0.4) is 0 Å². The van der Waals surface area contributed by atoms with Gasteiger partial charge in [-0.2, -0.15) is 0 Å². The summed E-state index contributed by atoms with van der Waals surface area (Å²) in [6, 6.07) is 8.14. The molecule has 0 radical (unpaired) electrons. The molecule has 0 atom stereocenters. The van der Waals surface area contributed by atoms with Crippen molar-refractivity contribution in [1.82, 2.24) is 4.73 Å². The number of hydrogen-bond acceptors (Lipinski definition) is 3. The summed E-state index contributed by atoms with van der Waals surface area (Å²) in [5, 5.41) is 12.4. The molecule has 6 heteroatoms. The van der Waals surface area contributed by atoms with Crippen LogP contribution < -0.4 is 10.7 Å². The van der Waals surface area contributed by atoms with E-state index in [9.17, 15) is 9.59 Å². The first-order valence-electron chi connectivity index (χ1n) is 6.80. The SMILES string of the molecule is CC1(C)C(=O)Nc2cc(C(=O)N=c3ccn(O)cc3)ccc21. The Morgan fingerprint density at radius 3 is 2.59 bits per heavy atom. The third kappa shape index (κ3) is 2.28. The topological polar surface area (TPSA) is 83.7 Å². The van der Waals surface area contributed by atoms with Gasteiger partial charge in [0.05, 0.1) is 10.8 Å². The van der Waals surface area contributed by atoms with E-state index in [2.05, 4.69) is 10.3 Å². The van der Waals surface area contributed by atoms with E-state index in [0.717, 1.165) is 10.3 Å². The fraction of sp³-hybridized carbons (Fsp3) is 0.188. The quantitative estimate of drug-likeness (QED) is 0.786. The number of rotatable bonds is 1. The Balaban J connectivity index is 1.96. The molecule has 22 heavy (non-hydrogen) atoms. The van der Waals surface area contributed by atoms with Crippen molar-refractivity contribution in [3.63, 3.8) is 0 Å². The standard InChI is InChI=1S/C16H15N3O3/c1-16(2)12-4-3-10(9-13(12)18-15(16)21)14(20)17-11-5-7-19(22)8-6-11/h3-9,22H,1-2H3,(H,18,21). The number of aromatic nitrogens is 1. The summed E-state index contributed by atoms with van der Waals surface area (Å²) in [4.78, 5) is 28.1. The second kappa shape index (κ2) is 4.84. The maximum absolute atomic E-state index is 12.2. The number of fused-ring (bicyclic) bond motifs is 1. The van der Waals surface area contributed by atoms with Gasteiger partial charge in [-0.15, -0.1) is 0 Å². The molecule has 1 aliphatic rings. The maximum Gasteiger partial charge on any atom is 0.277 e. The molecule has 3 rings (SSSR count). The first-order chi connectivity index (χ1) is 10.4. The molecule has 1 aromatic heterocycles. The Hall–Kier alpha value is -2.89. The van der Waals surface area contributed by atoms with Crippen LogP contribution in [0.25, 0.3) is 0 Å². The van der Waals surface area contributed by atoms with E-state index in [1.165, 1.54) is 24.5 Å². The van der Waals surface area contributed by atoms with Crippen molar-refractivity contribution >= 4 is 17.5 Å². The molecule has 0 saturated carbocycles. The van der Waals surface area contributed by atoms with Crippen LogP contribution in [0, 0.1) is 0 Å². The predicted molar refractivity (Wildman–Crippen MR) is 79.6 cm³/mol. The lowest BCUT2D eigenvalue weighted by Crippen LogP contribution is -2.26. The average Bonchev–Trinajstić information content (AvgIpc) is 2.71. The zero-order valence-electron chi connectivity index (χ0n) is 12.2. The largest absolute Gasteiger partial charge is 0.429 e. The Kier molecular flexibility index (Phi) is 3.09. The Morgan fingerprint density at radius 1 is 1.23 bits per heavy atom. The summed E-state index contributed by atoms with van der Waals surface area (Å²) >= 11 is 0. The van der Waals surface area contributed by atoms with Crippen LogP contribution in [0.15, 0.2) is 47.7 Å². The monoisotopic (exact) mass is 297 g/mol. The van der Waals surface area contributed by atoms with Gasteiger partial charge in [-0.3, -0.25) is 9.59 Å². The zero-order valence-corrected chi connectivity index (χ0v) is 12.2. The molecule has 1 aromatic carbocycles. The Bertz CT molecular complexity index is 829. The van der Waals surface area contributed by atoms with Crippen LogP contribution in [0.2, 0.25) is 0 Å². The van der Waals surface area contributed by atoms with Crippen molar-refractivity contribution in [2.75, 3.05) is 5.32 Å². The van der Waals surface area contributed by atoms with Crippen molar-refractivity contribution in [3.05, 3.63) is 59.2 Å². The van der Waals surface area contributed by atoms with Crippen LogP contribution >= 0.6 is 0 Å². The number of amides is 2. The molecule has 0 aliphatic carbocycles. The van der Waals surface area contributed by atoms with Crippen LogP contribution in [0.4, 0.5) is 5.69 Å². The molecule has 2 heterocycles. The normalized spacial score (nSPS) is 15.1. The van der Waals surface area contributed by atoms with Crippen molar-refractivity contribution in [2.45, 2.75) is 19.3 Å². The summed E-state index contributed by atoms with van der Waals surface area (Å²) in [5.74, 6) is -0.489. The molecule has 6 nitrogen and oxygen atoms in total. The number of pyridine rings is 1. The van der Waals surface area contributed by atoms with Crippen molar-refractivity contribution < 1.29 is 14.8 Å². The fourth-order valence-electron chi connectivity index (χ4n) is 2.39. The van der Waals surface area contributed by atoms with E-state index in [-0.39, 0.29) is 5.91 Å². The number of carbonyl (C=O) groups excluding carboxylic acids is 2. The van der Waals surface area contributed by atoms with Gasteiger partial charge in [0.15, 0.2) is 0 Å². The van der Waals surface area contributed by atoms with Crippen LogP contribution in [-0.2, 0) is 10.2 Å². The zero-order chi connectivity index (χ0) is 15.9. The maximum atomic E-state index is 12.2. The van der Waals surface area contributed by atoms with Crippen molar-refractivity contribution in [1.29, 1.82) is 0 Å². The van der Waals surface area contributed by atoms with Gasteiger partial charge in [0.1, 0.15) is 0 Å². The summed E-state index contributed by atoms with van der Waals surface area (Å²) in [5.41, 5.74) is 1.33. The molecule has 112 valence electrons. The highest BCUT2D eigenvalue weighted by atomic mass is 16.5. The van der Waals surface area contributed by atoms with Gasteiger partial charge in [0.2, 0.25) is 5.91 Å². The lowest BCUT2D eigenvalue weighted by atomic mass is 9.86. The molecule has 2 aromatic rings. The van der Waals surface area contributed by atoms with Crippen LogP contribution in [0.1, 0.15) is 29.8 Å². The van der Waals surface area contributed by atoms with E-state index in [1.807, 2.05) is 13.8 Å². The number of anilines is 1. The van der Waals surface area contributed by atoms with E-state index < -0.39 is 11.3 Å². The minimum absolute atomic E-state index is 0.0837. The van der Waals surface area contributed by atoms with Gasteiger partial charge >= 0.3 is 0 Å². The summed E-state index contributed by atoms with van der Waals surface area (Å²) in [6.45, 7) is 3.68. The van der Waals surface area contributed by atoms with E-state index in [4.69, 9.17) is 5.21 Å². The molecule has 2 amide bonds. The lowest BCUT2D eigenvalue weighted by Gasteiger charge is -2.14. The highest BCUT2D eigenvalue weighted by molar-refractivity contribution is 6.07. The van der Waals surface area contributed by atoms with Gasteiger partial charge in [-0.1, -0.05) is 6.07 Å². The first-order valence-corrected chi connectivity index (χ1v) is 6.80. The number of hydrogen-bond donors (Lipinski definition) is 2. The van der Waals surface area contributed by atoms with Gasteiger partial charge in [0.25, 0.3) is 5.91 Å². The summed E-state index contributed by atoms with van der Waals surface area (Å²) < 4.78 is 0.872. The highest BCUT2D eigenvalue weighted by Crippen LogP contribution is 2.37. The second-order valence-corrected chi connectivity index (χ2v) is 5.69. The van der Waals surface area contributed by atoms with Gasteiger partial charge < -0.3 is 10.5 Å². The summed E-state index contributed by atoms with van der Waals surface area (Å²) in [7, 11) is 0. The van der Waals surface area contributed by atoms with E-state index >= 15 is 0 Å². The second-order valence-electron chi connectivity index (χ2n) is 5.69. The lowest BCUT2D eigenvalue weighted by molar-refractivity contribution is -0.119. The fourth-order valence-corrected chi connectivity index (χ4v) is 2.39.